The van der Waals surface area contributed by atoms with E-state index < -0.39 is 6.10 Å². The maximum absolute atomic E-state index is 12.7. The van der Waals surface area contributed by atoms with Gasteiger partial charge in [-0.2, -0.15) is 0 Å². The summed E-state index contributed by atoms with van der Waals surface area (Å²) < 4.78 is 7.69. The number of aryl methyl sites for hydroxylation is 1. The molecule has 2 aromatic rings. The molecule has 1 N–H and O–H groups in total. The summed E-state index contributed by atoms with van der Waals surface area (Å²) in [7, 11) is 0. The molecule has 0 radical (unpaired) electrons. The molecule has 3 aliphatic rings. The average molecular weight is 408 g/mol. The second-order valence-corrected chi connectivity index (χ2v) is 8.77. The molecule has 2 atom stereocenters. The summed E-state index contributed by atoms with van der Waals surface area (Å²) in [5, 5.41) is 11.4. The molecule has 1 aliphatic carbocycles. The lowest BCUT2D eigenvalue weighted by molar-refractivity contribution is 0.0556. The first-order chi connectivity index (χ1) is 14.7. The standard InChI is InChI=1S/C24H29N3O3/c28-23(22-20(18-8-9-18)10-12-27-16-25-13-21(22)27)19-7-4-11-26(14-19)24(29)30-15-17-5-2-1-3-6-17/h1-3,5-6,13,16,18-19,23,28H,4,7-12,14-15H2. The number of nitrogens with zero attached hydrogens (tertiary/aromatic N) is 3. The Bertz CT molecular complexity index is 932. The molecule has 158 valence electrons. The van der Waals surface area contributed by atoms with Crippen LogP contribution in [0, 0.1) is 11.8 Å². The fourth-order valence-electron chi connectivity index (χ4n) is 4.94. The number of allylic oxidation sites excluding steroid dienone is 1. The molecular formula is C24H29N3O3. The molecule has 1 aromatic heterocycles. The summed E-state index contributed by atoms with van der Waals surface area (Å²) in [6, 6.07) is 9.74. The number of imidazole rings is 1. The minimum Gasteiger partial charge on any atom is -0.445 e. The van der Waals surface area contributed by atoms with Gasteiger partial charge in [0.2, 0.25) is 0 Å². The zero-order chi connectivity index (χ0) is 20.5. The Kier molecular flexibility index (Phi) is 5.34. The molecular weight excluding hydrogens is 378 g/mol. The van der Waals surface area contributed by atoms with E-state index in [0.29, 0.717) is 19.0 Å². The number of ether oxygens (including phenoxy) is 1. The minimum atomic E-state index is -0.568. The van der Waals surface area contributed by atoms with Gasteiger partial charge in [0.15, 0.2) is 0 Å². The fraction of sp³-hybridized carbons (Fsp3) is 0.500. The van der Waals surface area contributed by atoms with Crippen molar-refractivity contribution in [2.75, 3.05) is 13.1 Å². The van der Waals surface area contributed by atoms with Crippen LogP contribution in [0.5, 0.6) is 0 Å². The predicted octanol–water partition coefficient (Wildman–Crippen LogP) is 3.86. The second kappa shape index (κ2) is 8.26. The van der Waals surface area contributed by atoms with Crippen molar-refractivity contribution in [2.45, 2.75) is 51.4 Å². The van der Waals surface area contributed by atoms with Crippen molar-refractivity contribution in [1.82, 2.24) is 14.5 Å². The van der Waals surface area contributed by atoms with Crippen molar-refractivity contribution < 1.29 is 14.6 Å². The summed E-state index contributed by atoms with van der Waals surface area (Å²) in [5.41, 5.74) is 4.53. The number of aliphatic hydroxyl groups is 1. The van der Waals surface area contributed by atoms with E-state index in [-0.39, 0.29) is 18.6 Å². The number of carbonyl (C=O) groups is 1. The van der Waals surface area contributed by atoms with Crippen LogP contribution in [-0.4, -0.2) is 44.8 Å². The number of likely N-dealkylation sites (tertiary alicyclic amines) is 1. The number of aromatic nitrogens is 2. The quantitative estimate of drug-likeness (QED) is 0.817. The highest BCUT2D eigenvalue weighted by Gasteiger charge is 2.38. The van der Waals surface area contributed by atoms with Crippen LogP contribution in [0.1, 0.15) is 43.4 Å². The van der Waals surface area contributed by atoms with Gasteiger partial charge in [0.1, 0.15) is 6.61 Å². The minimum absolute atomic E-state index is 0.0215. The maximum atomic E-state index is 12.7. The SMILES string of the molecule is O=C(OCc1ccccc1)N1CCCC(C(O)C2=C(C3CC3)CCn3cncc32)C1. The van der Waals surface area contributed by atoms with Gasteiger partial charge in [-0.05, 0) is 43.6 Å². The fourth-order valence-corrected chi connectivity index (χ4v) is 4.94. The van der Waals surface area contributed by atoms with Crippen LogP contribution in [0.4, 0.5) is 4.79 Å². The lowest BCUT2D eigenvalue weighted by Crippen LogP contribution is -2.44. The number of benzene rings is 1. The van der Waals surface area contributed by atoms with Gasteiger partial charge in [-0.1, -0.05) is 35.9 Å². The van der Waals surface area contributed by atoms with Crippen LogP contribution >= 0.6 is 0 Å². The van der Waals surface area contributed by atoms with Gasteiger partial charge in [0.25, 0.3) is 0 Å². The maximum Gasteiger partial charge on any atom is 0.410 e. The molecule has 3 heterocycles. The molecule has 6 nitrogen and oxygen atoms in total. The monoisotopic (exact) mass is 407 g/mol. The Hall–Kier alpha value is -2.60. The van der Waals surface area contributed by atoms with Gasteiger partial charge in [0, 0.05) is 31.1 Å². The molecule has 0 bridgehead atoms. The Morgan fingerprint density at radius 3 is 2.83 bits per heavy atom. The van der Waals surface area contributed by atoms with E-state index in [0.717, 1.165) is 42.6 Å². The highest BCUT2D eigenvalue weighted by molar-refractivity contribution is 5.72. The van der Waals surface area contributed by atoms with Crippen molar-refractivity contribution in [3.05, 3.63) is 59.7 Å². The molecule has 30 heavy (non-hydrogen) atoms. The normalized spacial score (nSPS) is 22.6. The number of hydrogen-bond donors (Lipinski definition) is 1. The smallest absolute Gasteiger partial charge is 0.410 e. The number of aliphatic hydroxyl groups excluding tert-OH is 1. The number of carbonyl (C=O) groups excluding carboxylic acids is 1. The van der Waals surface area contributed by atoms with Gasteiger partial charge >= 0.3 is 6.09 Å². The second-order valence-electron chi connectivity index (χ2n) is 8.77. The van der Waals surface area contributed by atoms with E-state index in [9.17, 15) is 9.90 Å². The molecule has 5 rings (SSSR count). The number of amides is 1. The van der Waals surface area contributed by atoms with Crippen molar-refractivity contribution in [1.29, 1.82) is 0 Å². The molecule has 2 aliphatic heterocycles. The van der Waals surface area contributed by atoms with Crippen LogP contribution in [0.2, 0.25) is 0 Å². The van der Waals surface area contributed by atoms with Crippen molar-refractivity contribution in [3.8, 4) is 0 Å². The third-order valence-corrected chi connectivity index (χ3v) is 6.69. The third-order valence-electron chi connectivity index (χ3n) is 6.69. The first kappa shape index (κ1) is 19.4. The van der Waals surface area contributed by atoms with E-state index in [1.165, 1.54) is 18.4 Å². The Morgan fingerprint density at radius 1 is 1.20 bits per heavy atom. The summed E-state index contributed by atoms with van der Waals surface area (Å²) in [6.45, 7) is 2.44. The summed E-state index contributed by atoms with van der Waals surface area (Å²) in [4.78, 5) is 18.7. The van der Waals surface area contributed by atoms with Crippen molar-refractivity contribution in [2.24, 2.45) is 11.8 Å². The van der Waals surface area contributed by atoms with Crippen LogP contribution in [-0.2, 0) is 17.9 Å². The number of piperidine rings is 1. The number of rotatable bonds is 5. The van der Waals surface area contributed by atoms with E-state index in [1.54, 1.807) is 4.90 Å². The molecule has 1 saturated heterocycles. The molecule has 2 unspecified atom stereocenters. The Balaban J connectivity index is 1.29. The van der Waals surface area contributed by atoms with Crippen molar-refractivity contribution >= 4 is 11.7 Å². The van der Waals surface area contributed by atoms with Crippen molar-refractivity contribution in [3.63, 3.8) is 0 Å². The Labute approximate surface area is 177 Å². The molecule has 1 saturated carbocycles. The van der Waals surface area contributed by atoms with Crippen LogP contribution in [0.3, 0.4) is 0 Å². The first-order valence-electron chi connectivity index (χ1n) is 11.1. The molecule has 6 heteroatoms. The lowest BCUT2D eigenvalue weighted by atomic mass is 9.82. The summed E-state index contributed by atoms with van der Waals surface area (Å²) in [6.07, 6.45) is 8.13. The third kappa shape index (κ3) is 3.88. The van der Waals surface area contributed by atoms with Gasteiger partial charge < -0.3 is 19.3 Å². The van der Waals surface area contributed by atoms with Crippen LogP contribution in [0.15, 0.2) is 48.4 Å². The number of fused-ring (bicyclic) bond motifs is 1. The highest BCUT2D eigenvalue weighted by atomic mass is 16.6. The zero-order valence-electron chi connectivity index (χ0n) is 17.2. The topological polar surface area (TPSA) is 67.6 Å². The van der Waals surface area contributed by atoms with E-state index in [1.807, 2.05) is 42.9 Å². The van der Waals surface area contributed by atoms with E-state index >= 15 is 0 Å². The van der Waals surface area contributed by atoms with Gasteiger partial charge in [-0.25, -0.2) is 9.78 Å². The summed E-state index contributed by atoms with van der Waals surface area (Å²) in [5.74, 6) is 0.641. The average Bonchev–Trinajstić information content (AvgIpc) is 3.53. The lowest BCUT2D eigenvalue weighted by Gasteiger charge is -2.37. The molecule has 0 spiro atoms. The van der Waals surface area contributed by atoms with Gasteiger partial charge in [-0.3, -0.25) is 0 Å². The van der Waals surface area contributed by atoms with Crippen LogP contribution in [0.25, 0.3) is 5.57 Å². The molecule has 1 amide bonds. The molecule has 2 fully saturated rings. The zero-order valence-corrected chi connectivity index (χ0v) is 17.2. The number of hydrogen-bond acceptors (Lipinski definition) is 4. The van der Waals surface area contributed by atoms with Crippen LogP contribution < -0.4 is 0 Å². The molecule has 1 aromatic carbocycles. The van der Waals surface area contributed by atoms with Gasteiger partial charge in [0.05, 0.1) is 24.3 Å². The van der Waals surface area contributed by atoms with E-state index in [2.05, 4.69) is 9.55 Å². The predicted molar refractivity (Wildman–Crippen MR) is 113 cm³/mol. The highest BCUT2D eigenvalue weighted by Crippen LogP contribution is 2.46. The largest absolute Gasteiger partial charge is 0.445 e. The van der Waals surface area contributed by atoms with E-state index in [4.69, 9.17) is 4.74 Å². The first-order valence-corrected chi connectivity index (χ1v) is 11.1. The Morgan fingerprint density at radius 2 is 2.03 bits per heavy atom. The van der Waals surface area contributed by atoms with Gasteiger partial charge in [-0.15, -0.1) is 0 Å². The summed E-state index contributed by atoms with van der Waals surface area (Å²) >= 11 is 0.